The van der Waals surface area contributed by atoms with Crippen LogP contribution in [0.1, 0.15) is 0 Å². The molecule has 4 aromatic rings. The number of nitrogens with zero attached hydrogens (tertiary/aromatic N) is 2. The second kappa shape index (κ2) is 7.50. The second-order valence-corrected chi connectivity index (χ2v) is 7.22. The number of benzene rings is 3. The van der Waals surface area contributed by atoms with Gasteiger partial charge in [-0.3, -0.25) is 9.36 Å². The monoisotopic (exact) mass is 424 g/mol. The molecule has 0 aliphatic heterocycles. The van der Waals surface area contributed by atoms with Gasteiger partial charge in [0.15, 0.2) is 0 Å². The number of aliphatic hydroxyl groups is 1. The first-order valence-electron chi connectivity index (χ1n) is 8.55. The van der Waals surface area contributed by atoms with Gasteiger partial charge in [-0.1, -0.05) is 52.3 Å². The second-order valence-electron chi connectivity index (χ2n) is 6.31. The highest BCUT2D eigenvalue weighted by Crippen LogP contribution is 2.25. The molecular formula is C21H17BrN2O3. The third kappa shape index (κ3) is 3.72. The fourth-order valence-corrected chi connectivity index (χ4v) is 3.41. The summed E-state index contributed by atoms with van der Waals surface area (Å²) in [5.41, 5.74) is 0.437. The van der Waals surface area contributed by atoms with Crippen molar-refractivity contribution in [3.8, 4) is 5.75 Å². The van der Waals surface area contributed by atoms with Crippen molar-refractivity contribution in [3.05, 3.63) is 81.8 Å². The van der Waals surface area contributed by atoms with Gasteiger partial charge in [-0.25, -0.2) is 4.98 Å². The number of aromatic nitrogens is 2. The van der Waals surface area contributed by atoms with Gasteiger partial charge in [0.1, 0.15) is 18.5 Å². The topological polar surface area (TPSA) is 64.4 Å². The Morgan fingerprint density at radius 3 is 2.78 bits per heavy atom. The van der Waals surface area contributed by atoms with Gasteiger partial charge in [-0.15, -0.1) is 0 Å². The summed E-state index contributed by atoms with van der Waals surface area (Å²) in [5.74, 6) is 0.708. The summed E-state index contributed by atoms with van der Waals surface area (Å²) >= 11 is 3.37. The maximum atomic E-state index is 12.6. The zero-order valence-corrected chi connectivity index (χ0v) is 16.0. The van der Waals surface area contributed by atoms with Crippen LogP contribution in [0.3, 0.4) is 0 Å². The van der Waals surface area contributed by atoms with Crippen LogP contribution in [-0.2, 0) is 6.54 Å². The molecule has 4 rings (SSSR count). The first kappa shape index (κ1) is 17.7. The van der Waals surface area contributed by atoms with E-state index in [1.165, 1.54) is 10.9 Å². The van der Waals surface area contributed by atoms with E-state index >= 15 is 0 Å². The molecule has 5 nitrogen and oxygen atoms in total. The SMILES string of the molecule is O=c1c2cc(Br)ccc2ncn1CC(O)COc1cccc2ccccc12. The molecule has 1 atom stereocenters. The Morgan fingerprint density at radius 1 is 1.07 bits per heavy atom. The minimum atomic E-state index is -0.840. The Labute approximate surface area is 164 Å². The molecule has 0 spiro atoms. The fraction of sp³-hybridized carbons (Fsp3) is 0.143. The molecule has 0 aliphatic rings. The van der Waals surface area contributed by atoms with Gasteiger partial charge in [0.25, 0.3) is 5.56 Å². The lowest BCUT2D eigenvalue weighted by Gasteiger charge is -2.15. The van der Waals surface area contributed by atoms with E-state index in [2.05, 4.69) is 20.9 Å². The number of aliphatic hydroxyl groups excluding tert-OH is 1. The first-order valence-corrected chi connectivity index (χ1v) is 9.34. The first-order chi connectivity index (χ1) is 13.1. The molecule has 1 aromatic heterocycles. The molecule has 0 saturated carbocycles. The molecule has 0 radical (unpaired) electrons. The smallest absolute Gasteiger partial charge is 0.261 e. The molecular weight excluding hydrogens is 408 g/mol. The summed E-state index contributed by atoms with van der Waals surface area (Å²) in [6, 6.07) is 19.1. The number of halogens is 1. The van der Waals surface area contributed by atoms with Gasteiger partial charge in [0, 0.05) is 9.86 Å². The van der Waals surface area contributed by atoms with E-state index in [9.17, 15) is 9.90 Å². The zero-order chi connectivity index (χ0) is 18.8. The van der Waals surface area contributed by atoms with E-state index in [0.29, 0.717) is 16.7 Å². The van der Waals surface area contributed by atoms with Gasteiger partial charge in [-0.2, -0.15) is 0 Å². The summed E-state index contributed by atoms with van der Waals surface area (Å²) < 4.78 is 8.03. The minimum Gasteiger partial charge on any atom is -0.490 e. The maximum absolute atomic E-state index is 12.6. The molecule has 0 saturated heterocycles. The predicted octanol–water partition coefficient (Wildman–Crippen LogP) is 3.75. The van der Waals surface area contributed by atoms with Crippen LogP contribution in [0.5, 0.6) is 5.75 Å². The Balaban J connectivity index is 1.51. The number of rotatable bonds is 5. The van der Waals surface area contributed by atoms with Crippen molar-refractivity contribution < 1.29 is 9.84 Å². The highest BCUT2D eigenvalue weighted by Gasteiger charge is 2.11. The third-order valence-electron chi connectivity index (χ3n) is 4.37. The highest BCUT2D eigenvalue weighted by atomic mass is 79.9. The number of hydrogen-bond acceptors (Lipinski definition) is 4. The van der Waals surface area contributed by atoms with Crippen LogP contribution in [0, 0.1) is 0 Å². The molecule has 6 heteroatoms. The molecule has 3 aromatic carbocycles. The van der Waals surface area contributed by atoms with Gasteiger partial charge < -0.3 is 9.84 Å². The zero-order valence-electron chi connectivity index (χ0n) is 14.4. The predicted molar refractivity (Wildman–Crippen MR) is 109 cm³/mol. The van der Waals surface area contributed by atoms with Crippen molar-refractivity contribution in [1.29, 1.82) is 0 Å². The molecule has 1 unspecified atom stereocenters. The van der Waals surface area contributed by atoms with Gasteiger partial charge in [0.05, 0.1) is 23.8 Å². The van der Waals surface area contributed by atoms with Gasteiger partial charge >= 0.3 is 0 Å². The van der Waals surface area contributed by atoms with Crippen LogP contribution >= 0.6 is 15.9 Å². The standard InChI is InChI=1S/C21H17BrN2O3/c22-15-8-9-19-18(10-15)21(26)24(13-23-19)11-16(25)12-27-20-7-3-5-14-4-1-2-6-17(14)20/h1-10,13,16,25H,11-12H2. The Hall–Kier alpha value is -2.70. The summed E-state index contributed by atoms with van der Waals surface area (Å²) in [6.45, 7) is 0.190. The normalized spacial score (nSPS) is 12.4. The molecule has 136 valence electrons. The highest BCUT2D eigenvalue weighted by molar-refractivity contribution is 9.10. The summed E-state index contributed by atoms with van der Waals surface area (Å²) in [6.07, 6.45) is 0.618. The minimum absolute atomic E-state index is 0.0803. The molecule has 0 bridgehead atoms. The quantitative estimate of drug-likeness (QED) is 0.529. The fourth-order valence-electron chi connectivity index (χ4n) is 3.05. The van der Waals surface area contributed by atoms with Crippen molar-refractivity contribution in [2.24, 2.45) is 0 Å². The molecule has 1 heterocycles. The largest absolute Gasteiger partial charge is 0.490 e. The molecule has 0 aliphatic carbocycles. The van der Waals surface area contributed by atoms with Gasteiger partial charge in [-0.05, 0) is 29.7 Å². The molecule has 1 N–H and O–H groups in total. The third-order valence-corrected chi connectivity index (χ3v) is 4.87. The van der Waals surface area contributed by atoms with Crippen molar-refractivity contribution >= 4 is 37.6 Å². The van der Waals surface area contributed by atoms with Crippen LogP contribution < -0.4 is 10.3 Å². The lowest BCUT2D eigenvalue weighted by atomic mass is 10.1. The number of ether oxygens (including phenoxy) is 1. The maximum Gasteiger partial charge on any atom is 0.261 e. The summed E-state index contributed by atoms with van der Waals surface area (Å²) in [5, 5.41) is 12.9. The van der Waals surface area contributed by atoms with Crippen LogP contribution in [-0.4, -0.2) is 27.4 Å². The summed E-state index contributed by atoms with van der Waals surface area (Å²) in [4.78, 5) is 16.9. The van der Waals surface area contributed by atoms with E-state index in [4.69, 9.17) is 4.74 Å². The van der Waals surface area contributed by atoms with E-state index in [1.807, 2.05) is 48.5 Å². The van der Waals surface area contributed by atoms with Crippen LogP contribution in [0.4, 0.5) is 0 Å². The molecule has 0 fully saturated rings. The lowest BCUT2D eigenvalue weighted by Crippen LogP contribution is -2.30. The Kier molecular flexibility index (Phi) is 4.92. The van der Waals surface area contributed by atoms with Gasteiger partial charge in [0.2, 0.25) is 0 Å². The van der Waals surface area contributed by atoms with Crippen molar-refractivity contribution in [1.82, 2.24) is 9.55 Å². The van der Waals surface area contributed by atoms with E-state index in [-0.39, 0.29) is 18.7 Å². The van der Waals surface area contributed by atoms with Crippen LogP contribution in [0.25, 0.3) is 21.7 Å². The van der Waals surface area contributed by atoms with Crippen molar-refractivity contribution in [2.45, 2.75) is 12.6 Å². The number of fused-ring (bicyclic) bond motifs is 2. The lowest BCUT2D eigenvalue weighted by molar-refractivity contribution is 0.0922. The molecule has 0 amide bonds. The van der Waals surface area contributed by atoms with Crippen molar-refractivity contribution in [3.63, 3.8) is 0 Å². The number of hydrogen-bond donors (Lipinski definition) is 1. The van der Waals surface area contributed by atoms with Crippen molar-refractivity contribution in [2.75, 3.05) is 6.61 Å². The molecule has 27 heavy (non-hydrogen) atoms. The summed E-state index contributed by atoms with van der Waals surface area (Å²) in [7, 11) is 0. The average Bonchev–Trinajstić information content (AvgIpc) is 2.69. The van der Waals surface area contributed by atoms with Crippen LogP contribution in [0.2, 0.25) is 0 Å². The van der Waals surface area contributed by atoms with E-state index in [0.717, 1.165) is 15.2 Å². The Bertz CT molecular complexity index is 1170. The van der Waals surface area contributed by atoms with Crippen LogP contribution in [0.15, 0.2) is 76.3 Å². The average molecular weight is 425 g/mol. The van der Waals surface area contributed by atoms with E-state index in [1.54, 1.807) is 12.1 Å². The van der Waals surface area contributed by atoms with E-state index < -0.39 is 6.10 Å². The Morgan fingerprint density at radius 2 is 1.89 bits per heavy atom.